The molecule has 0 aromatic rings. The summed E-state index contributed by atoms with van der Waals surface area (Å²) in [6.45, 7) is 4.54. The Morgan fingerprint density at radius 3 is 1.50 bits per heavy atom. The zero-order valence-electron chi connectivity index (χ0n) is 7.77. The molecule has 1 aliphatic carbocycles. The van der Waals surface area contributed by atoms with Gasteiger partial charge in [-0.2, -0.15) is 0 Å². The minimum atomic E-state index is 0.182. The molecule has 1 aliphatic rings. The van der Waals surface area contributed by atoms with E-state index >= 15 is 0 Å². The van der Waals surface area contributed by atoms with Gasteiger partial charge in [-0.1, -0.05) is 26.0 Å². The highest BCUT2D eigenvalue weighted by Gasteiger charge is 2.30. The third-order valence-electron chi connectivity index (χ3n) is 3.04. The van der Waals surface area contributed by atoms with Crippen molar-refractivity contribution in [3.05, 3.63) is 12.2 Å². The van der Waals surface area contributed by atoms with Gasteiger partial charge in [0.05, 0.1) is 0 Å². The summed E-state index contributed by atoms with van der Waals surface area (Å²) in [5.41, 5.74) is 0. The average Bonchev–Trinajstić information content (AvgIpc) is 2.08. The highest BCUT2D eigenvalue weighted by molar-refractivity contribution is 5.02. The zero-order chi connectivity index (χ0) is 9.14. The van der Waals surface area contributed by atoms with Crippen LogP contribution in [0.1, 0.15) is 13.8 Å². The van der Waals surface area contributed by atoms with Gasteiger partial charge in [0.1, 0.15) is 0 Å². The van der Waals surface area contributed by atoms with Crippen molar-refractivity contribution in [3.8, 4) is 0 Å². The number of rotatable bonds is 2. The van der Waals surface area contributed by atoms with Crippen LogP contribution >= 0.6 is 0 Å². The summed E-state index contributed by atoms with van der Waals surface area (Å²) < 4.78 is 0. The molecule has 0 aromatic carbocycles. The van der Waals surface area contributed by atoms with E-state index in [4.69, 9.17) is 10.2 Å². The molecule has 0 saturated heterocycles. The second-order valence-electron chi connectivity index (χ2n) is 3.80. The Kier molecular flexibility index (Phi) is 3.29. The number of aliphatic hydroxyl groups is 2. The summed E-state index contributed by atoms with van der Waals surface area (Å²) in [7, 11) is 0. The van der Waals surface area contributed by atoms with E-state index in [-0.39, 0.29) is 25.0 Å². The summed E-state index contributed by atoms with van der Waals surface area (Å²) in [6.07, 6.45) is 4.27. The largest absolute Gasteiger partial charge is 0.396 e. The van der Waals surface area contributed by atoms with E-state index < -0.39 is 0 Å². The van der Waals surface area contributed by atoms with E-state index in [2.05, 4.69) is 26.0 Å². The first kappa shape index (κ1) is 9.75. The van der Waals surface area contributed by atoms with Crippen LogP contribution in [0.3, 0.4) is 0 Å². The van der Waals surface area contributed by atoms with Crippen LogP contribution in [-0.4, -0.2) is 23.4 Å². The zero-order valence-corrected chi connectivity index (χ0v) is 7.77. The normalized spacial score (nSPS) is 41.7. The minimum Gasteiger partial charge on any atom is -0.396 e. The number of allylic oxidation sites excluding steroid dienone is 2. The Bertz CT molecular complexity index is 147. The summed E-state index contributed by atoms with van der Waals surface area (Å²) in [4.78, 5) is 0. The predicted molar refractivity (Wildman–Crippen MR) is 48.6 cm³/mol. The standard InChI is InChI=1S/C10H18O2/c1-7-3-4-8(2)10(6-12)9(7)5-11/h3-4,7-12H,5-6H2,1-2H3. The van der Waals surface area contributed by atoms with Gasteiger partial charge < -0.3 is 10.2 Å². The van der Waals surface area contributed by atoms with Crippen LogP contribution in [0.2, 0.25) is 0 Å². The van der Waals surface area contributed by atoms with E-state index in [0.717, 1.165) is 0 Å². The summed E-state index contributed by atoms with van der Waals surface area (Å²) in [5.74, 6) is 1.25. The van der Waals surface area contributed by atoms with Crippen LogP contribution in [0, 0.1) is 23.7 Å². The Balaban J connectivity index is 2.73. The molecule has 0 radical (unpaired) electrons. The Morgan fingerprint density at radius 2 is 1.25 bits per heavy atom. The monoisotopic (exact) mass is 170 g/mol. The van der Waals surface area contributed by atoms with Crippen LogP contribution in [0.5, 0.6) is 0 Å². The van der Waals surface area contributed by atoms with Crippen molar-refractivity contribution < 1.29 is 10.2 Å². The van der Waals surface area contributed by atoms with Gasteiger partial charge in [0.25, 0.3) is 0 Å². The highest BCUT2D eigenvalue weighted by atomic mass is 16.3. The number of hydrogen-bond donors (Lipinski definition) is 2. The Morgan fingerprint density at radius 1 is 0.917 bits per heavy atom. The van der Waals surface area contributed by atoms with E-state index in [0.29, 0.717) is 11.8 Å². The molecule has 12 heavy (non-hydrogen) atoms. The Hall–Kier alpha value is -0.340. The molecule has 70 valence electrons. The number of hydrogen-bond acceptors (Lipinski definition) is 2. The van der Waals surface area contributed by atoms with Crippen molar-refractivity contribution >= 4 is 0 Å². The van der Waals surface area contributed by atoms with Crippen molar-refractivity contribution in [1.82, 2.24) is 0 Å². The van der Waals surface area contributed by atoms with E-state index in [1.54, 1.807) is 0 Å². The molecule has 0 saturated carbocycles. The van der Waals surface area contributed by atoms with Crippen molar-refractivity contribution in [2.75, 3.05) is 13.2 Å². The van der Waals surface area contributed by atoms with Gasteiger partial charge >= 0.3 is 0 Å². The lowest BCUT2D eigenvalue weighted by atomic mass is 9.72. The first-order valence-corrected chi connectivity index (χ1v) is 4.60. The smallest absolute Gasteiger partial charge is 0.0468 e. The van der Waals surface area contributed by atoms with Gasteiger partial charge in [0.2, 0.25) is 0 Å². The molecular weight excluding hydrogens is 152 g/mol. The molecule has 4 atom stereocenters. The molecule has 0 spiro atoms. The van der Waals surface area contributed by atoms with Crippen LogP contribution in [0.15, 0.2) is 12.2 Å². The summed E-state index contributed by atoms with van der Waals surface area (Å²) in [5, 5.41) is 18.3. The Labute approximate surface area is 73.9 Å². The quantitative estimate of drug-likeness (QED) is 0.608. The third kappa shape index (κ3) is 1.70. The third-order valence-corrected chi connectivity index (χ3v) is 3.04. The van der Waals surface area contributed by atoms with Crippen molar-refractivity contribution in [3.63, 3.8) is 0 Å². The fourth-order valence-corrected chi connectivity index (χ4v) is 2.02. The van der Waals surface area contributed by atoms with Crippen molar-refractivity contribution in [1.29, 1.82) is 0 Å². The molecule has 2 heteroatoms. The fraction of sp³-hybridized carbons (Fsp3) is 0.800. The first-order valence-electron chi connectivity index (χ1n) is 4.60. The van der Waals surface area contributed by atoms with Gasteiger partial charge in [-0.05, 0) is 23.7 Å². The van der Waals surface area contributed by atoms with E-state index in [9.17, 15) is 0 Å². The van der Waals surface area contributed by atoms with Crippen LogP contribution in [-0.2, 0) is 0 Å². The van der Waals surface area contributed by atoms with Crippen molar-refractivity contribution in [2.24, 2.45) is 23.7 Å². The summed E-state index contributed by atoms with van der Waals surface area (Å²) >= 11 is 0. The lowest BCUT2D eigenvalue weighted by molar-refractivity contribution is 0.0694. The molecule has 2 nitrogen and oxygen atoms in total. The minimum absolute atomic E-state index is 0.182. The second kappa shape index (κ2) is 4.06. The lowest BCUT2D eigenvalue weighted by Crippen LogP contribution is -2.34. The maximum absolute atomic E-state index is 9.14. The number of aliphatic hydroxyl groups excluding tert-OH is 2. The molecule has 2 N–H and O–H groups in total. The molecular formula is C10H18O2. The average molecular weight is 170 g/mol. The summed E-state index contributed by atoms with van der Waals surface area (Å²) in [6, 6.07) is 0. The first-order chi connectivity index (χ1) is 5.70. The van der Waals surface area contributed by atoms with Gasteiger partial charge in [-0.25, -0.2) is 0 Å². The maximum atomic E-state index is 9.14. The maximum Gasteiger partial charge on any atom is 0.0468 e. The molecule has 4 unspecified atom stereocenters. The molecule has 0 heterocycles. The molecule has 0 bridgehead atoms. The van der Waals surface area contributed by atoms with Gasteiger partial charge in [0.15, 0.2) is 0 Å². The van der Waals surface area contributed by atoms with Crippen molar-refractivity contribution in [2.45, 2.75) is 13.8 Å². The molecule has 0 aromatic heterocycles. The van der Waals surface area contributed by atoms with Gasteiger partial charge in [-0.3, -0.25) is 0 Å². The van der Waals surface area contributed by atoms with E-state index in [1.807, 2.05) is 0 Å². The van der Waals surface area contributed by atoms with Crippen LogP contribution in [0.25, 0.3) is 0 Å². The molecule has 0 aliphatic heterocycles. The highest BCUT2D eigenvalue weighted by Crippen LogP contribution is 2.33. The lowest BCUT2D eigenvalue weighted by Gasteiger charge is -2.34. The predicted octanol–water partition coefficient (Wildman–Crippen LogP) is 1.05. The molecule has 0 fully saturated rings. The topological polar surface area (TPSA) is 40.5 Å². The van der Waals surface area contributed by atoms with Gasteiger partial charge in [0, 0.05) is 13.2 Å². The van der Waals surface area contributed by atoms with Crippen LogP contribution < -0.4 is 0 Å². The SMILES string of the molecule is CC1C=CC(C)C(CO)C1CO. The van der Waals surface area contributed by atoms with Crippen LogP contribution in [0.4, 0.5) is 0 Å². The van der Waals surface area contributed by atoms with Gasteiger partial charge in [-0.15, -0.1) is 0 Å². The fourth-order valence-electron chi connectivity index (χ4n) is 2.02. The second-order valence-corrected chi connectivity index (χ2v) is 3.80. The van der Waals surface area contributed by atoms with E-state index in [1.165, 1.54) is 0 Å². The molecule has 1 rings (SSSR count). The molecule has 0 amide bonds.